The summed E-state index contributed by atoms with van der Waals surface area (Å²) in [7, 11) is 0. The fraction of sp³-hybridized carbons (Fsp3) is 0.455. The fourth-order valence-corrected chi connectivity index (χ4v) is 8.06. The zero-order valence-corrected chi connectivity index (χ0v) is 36.5. The van der Waals surface area contributed by atoms with Gasteiger partial charge in [-0.3, -0.25) is 14.4 Å². The molecule has 3 aliphatic rings. The predicted molar refractivity (Wildman–Crippen MR) is 229 cm³/mol. The predicted octanol–water partition coefficient (Wildman–Crippen LogP) is 5.21. The van der Waals surface area contributed by atoms with E-state index in [2.05, 4.69) is 46.9 Å². The van der Waals surface area contributed by atoms with Crippen molar-refractivity contribution in [1.82, 2.24) is 46.5 Å². The molecule has 0 bridgehead atoms. The van der Waals surface area contributed by atoms with Crippen molar-refractivity contribution in [1.29, 1.82) is 0 Å². The van der Waals surface area contributed by atoms with Gasteiger partial charge in [0.25, 0.3) is 5.91 Å². The van der Waals surface area contributed by atoms with Crippen molar-refractivity contribution < 1.29 is 56.9 Å². The number of tetrazole rings is 1. The number of alkyl carbamates (subject to hydrolysis) is 1. The smallest absolute Gasteiger partial charge is 0.475 e. The van der Waals surface area contributed by atoms with Gasteiger partial charge in [-0.1, -0.05) is 30.3 Å². The first-order valence-corrected chi connectivity index (χ1v) is 21.2. The van der Waals surface area contributed by atoms with E-state index in [4.69, 9.17) is 14.6 Å². The summed E-state index contributed by atoms with van der Waals surface area (Å²) in [6, 6.07) is 17.3. The second kappa shape index (κ2) is 20.4. The number of H-pyrrole nitrogens is 1. The van der Waals surface area contributed by atoms with Gasteiger partial charge in [0.2, 0.25) is 17.6 Å². The number of hydrogen-bond acceptors (Lipinski definition) is 11. The molecular formula is C44H51F3N10O9. The number of fused-ring (bicyclic) bond motifs is 1. The number of aromatic amines is 1. The second-order valence-corrected chi connectivity index (χ2v) is 17.5. The summed E-state index contributed by atoms with van der Waals surface area (Å²) in [5, 5.41) is 42.2. The van der Waals surface area contributed by atoms with Crippen LogP contribution in [-0.4, -0.2) is 120 Å². The maximum Gasteiger partial charge on any atom is 0.490 e. The molecule has 19 nitrogen and oxygen atoms in total. The molecule has 7 rings (SSSR count). The highest BCUT2D eigenvalue weighted by molar-refractivity contribution is 5.98. The van der Waals surface area contributed by atoms with Crippen LogP contribution < -0.4 is 21.3 Å². The van der Waals surface area contributed by atoms with Crippen molar-refractivity contribution in [3.05, 3.63) is 77.6 Å². The number of rotatable bonds is 12. The summed E-state index contributed by atoms with van der Waals surface area (Å²) in [5.74, 6) is -2.93. The quantitative estimate of drug-likeness (QED) is 0.0964. The largest absolute Gasteiger partial charge is 0.490 e. The molecule has 352 valence electrons. The van der Waals surface area contributed by atoms with Crippen LogP contribution in [0.1, 0.15) is 68.2 Å². The highest BCUT2D eigenvalue weighted by Gasteiger charge is 2.57. The Labute approximate surface area is 376 Å². The topological polar surface area (TPSA) is 271 Å². The Morgan fingerprint density at radius 1 is 0.879 bits per heavy atom. The zero-order valence-electron chi connectivity index (χ0n) is 36.5. The number of carboxylic acid groups (broad SMARTS) is 2. The first-order valence-electron chi connectivity index (χ1n) is 21.2. The summed E-state index contributed by atoms with van der Waals surface area (Å²) >= 11 is 0. The molecule has 3 atom stereocenters. The van der Waals surface area contributed by atoms with E-state index in [0.29, 0.717) is 55.4 Å². The van der Waals surface area contributed by atoms with Crippen LogP contribution >= 0.6 is 0 Å². The standard InChI is InChI=1S/C42H50N10O7.C2HF3O2/c1-23-30(17-18-33(44-23)38(54)47-35-31-21-52(41(57)58)22-32(31)35)26-9-5-24(6-10-26)19-34(39(55)45-29-15-13-27(14-16-29)36-48-50-51-49-36)46-37(53)28-11-7-25(8-12-28)20-43-40(56)59-42(2,3)4;3-2(4,5)1(6)7/h5-6,9-10,13-18,25,28,31-32,34-35H,7-8,11-12,19-22H2,1-4H3,(H,43,56)(H,45,55)(H,46,53)(H,47,54)(H,57,58)(H,48,49,50,51);(H,6,7)/t25?,28?,31?,32?,34-,35?;/m0./s1. The molecule has 22 heteroatoms. The van der Waals surface area contributed by atoms with Crippen LogP contribution in [0.2, 0.25) is 0 Å². The third-order valence-electron chi connectivity index (χ3n) is 11.6. The van der Waals surface area contributed by atoms with Gasteiger partial charge in [-0.05, 0) is 106 Å². The van der Waals surface area contributed by atoms with Crippen LogP contribution in [0.5, 0.6) is 0 Å². The van der Waals surface area contributed by atoms with Crippen molar-refractivity contribution in [3.8, 4) is 22.5 Å². The Morgan fingerprint density at radius 2 is 1.50 bits per heavy atom. The molecule has 1 aliphatic heterocycles. The molecule has 4 aromatic rings. The van der Waals surface area contributed by atoms with Crippen LogP contribution in [0.25, 0.3) is 22.5 Å². The van der Waals surface area contributed by atoms with Crippen molar-refractivity contribution in [2.45, 2.75) is 83.7 Å². The number of carbonyl (C=O) groups excluding carboxylic acids is 4. The number of ether oxygens (including phenoxy) is 1. The monoisotopic (exact) mass is 920 g/mol. The number of amides is 5. The maximum absolute atomic E-state index is 13.9. The summed E-state index contributed by atoms with van der Waals surface area (Å²) in [6.45, 7) is 8.62. The molecule has 5 amide bonds. The number of alkyl halides is 3. The van der Waals surface area contributed by atoms with E-state index in [-0.39, 0.29) is 53.9 Å². The van der Waals surface area contributed by atoms with E-state index >= 15 is 0 Å². The minimum atomic E-state index is -5.08. The Morgan fingerprint density at radius 3 is 2.05 bits per heavy atom. The van der Waals surface area contributed by atoms with Crippen molar-refractivity contribution in [2.75, 3.05) is 25.0 Å². The molecule has 3 heterocycles. The molecule has 3 fully saturated rings. The molecule has 2 saturated carbocycles. The molecule has 0 spiro atoms. The minimum Gasteiger partial charge on any atom is -0.475 e. The van der Waals surface area contributed by atoms with E-state index in [9.17, 15) is 42.3 Å². The summed E-state index contributed by atoms with van der Waals surface area (Å²) in [4.78, 5) is 78.8. The lowest BCUT2D eigenvalue weighted by atomic mass is 9.81. The number of anilines is 1. The van der Waals surface area contributed by atoms with Gasteiger partial charge >= 0.3 is 24.3 Å². The lowest BCUT2D eigenvalue weighted by molar-refractivity contribution is -0.192. The van der Waals surface area contributed by atoms with Crippen LogP contribution in [0.3, 0.4) is 0 Å². The lowest BCUT2D eigenvalue weighted by Crippen LogP contribution is -2.48. The summed E-state index contributed by atoms with van der Waals surface area (Å²) < 4.78 is 37.1. The first kappa shape index (κ1) is 48.3. The van der Waals surface area contributed by atoms with Gasteiger partial charge in [-0.2, -0.15) is 18.4 Å². The number of nitrogens with zero attached hydrogens (tertiary/aromatic N) is 5. The van der Waals surface area contributed by atoms with Gasteiger partial charge in [0.05, 0.1) is 0 Å². The van der Waals surface area contributed by atoms with E-state index in [0.717, 1.165) is 35.1 Å². The Hall–Kier alpha value is -7.13. The third kappa shape index (κ3) is 13.0. The van der Waals surface area contributed by atoms with Crippen LogP contribution in [0.15, 0.2) is 60.7 Å². The number of likely N-dealkylation sites (tertiary alicyclic amines) is 1. The van der Waals surface area contributed by atoms with Gasteiger partial charge in [0.15, 0.2) is 0 Å². The number of benzene rings is 2. The first-order chi connectivity index (χ1) is 31.1. The highest BCUT2D eigenvalue weighted by Crippen LogP contribution is 2.45. The third-order valence-corrected chi connectivity index (χ3v) is 11.6. The minimum absolute atomic E-state index is 0.0405. The number of carboxylic acids is 1. The highest BCUT2D eigenvalue weighted by atomic mass is 19.4. The SMILES string of the molecule is Cc1nc(C(=O)NC2C3CN(C(=O)O)CC32)ccc1-c1ccc(C[C@H](NC(=O)C2CCC(CNC(=O)OC(C)(C)C)CC2)C(=O)Nc2ccc(-c3nn[nH]n3)cc2)cc1.O=C(O)C(F)(F)F. The zero-order chi connectivity index (χ0) is 47.9. The normalized spacial score (nSPS) is 20.3. The Bertz CT molecular complexity index is 2370. The number of piperidine rings is 1. The Kier molecular flexibility index (Phi) is 14.9. The van der Waals surface area contributed by atoms with Crippen LogP contribution in [-0.2, 0) is 25.5 Å². The number of aromatic nitrogens is 5. The van der Waals surface area contributed by atoms with E-state index < -0.39 is 36.0 Å². The average Bonchev–Trinajstić information content (AvgIpc) is 3.62. The van der Waals surface area contributed by atoms with E-state index in [1.807, 2.05) is 58.0 Å². The number of nitrogens with one attached hydrogen (secondary N) is 5. The fourth-order valence-electron chi connectivity index (χ4n) is 8.06. The van der Waals surface area contributed by atoms with Gasteiger partial charge < -0.3 is 41.1 Å². The van der Waals surface area contributed by atoms with E-state index in [1.165, 1.54) is 4.90 Å². The average molecular weight is 921 g/mol. The molecule has 2 unspecified atom stereocenters. The van der Waals surface area contributed by atoms with Crippen molar-refractivity contribution in [2.24, 2.45) is 23.7 Å². The molecule has 7 N–H and O–H groups in total. The van der Waals surface area contributed by atoms with Gasteiger partial charge in [-0.25, -0.2) is 19.4 Å². The number of halogens is 3. The number of carbonyl (C=O) groups is 6. The summed E-state index contributed by atoms with van der Waals surface area (Å²) in [6.07, 6.45) is -3.46. The van der Waals surface area contributed by atoms with Crippen molar-refractivity contribution in [3.63, 3.8) is 0 Å². The van der Waals surface area contributed by atoms with Crippen molar-refractivity contribution >= 4 is 41.6 Å². The molecule has 0 radical (unpaired) electrons. The lowest BCUT2D eigenvalue weighted by Gasteiger charge is -2.29. The number of pyridine rings is 1. The van der Waals surface area contributed by atoms with Crippen LogP contribution in [0, 0.1) is 30.6 Å². The Balaban J connectivity index is 0.000000952. The number of hydrogen-bond donors (Lipinski definition) is 7. The molecular weight excluding hydrogens is 870 g/mol. The summed E-state index contributed by atoms with van der Waals surface area (Å²) in [5.41, 5.74) is 4.19. The molecule has 1 saturated heterocycles. The molecule has 2 aromatic carbocycles. The molecule has 2 aliphatic carbocycles. The molecule has 2 aromatic heterocycles. The van der Waals surface area contributed by atoms with E-state index in [1.54, 1.807) is 30.3 Å². The van der Waals surface area contributed by atoms with Crippen LogP contribution in [0.4, 0.5) is 28.4 Å². The second-order valence-electron chi connectivity index (χ2n) is 17.5. The van der Waals surface area contributed by atoms with Gasteiger partial charge in [0.1, 0.15) is 17.3 Å². The van der Waals surface area contributed by atoms with Gasteiger partial charge in [-0.15, -0.1) is 10.2 Å². The number of aliphatic carboxylic acids is 1. The number of aryl methyl sites for hydroxylation is 1. The van der Waals surface area contributed by atoms with Gasteiger partial charge in [0, 0.05) is 72.4 Å². The molecule has 66 heavy (non-hydrogen) atoms. The maximum atomic E-state index is 13.9.